The van der Waals surface area contributed by atoms with Crippen LogP contribution in [0.4, 0.5) is 4.79 Å². The third-order valence-electron chi connectivity index (χ3n) is 2.65. The Morgan fingerprint density at radius 2 is 2.36 bits per heavy atom. The zero-order valence-electron chi connectivity index (χ0n) is 9.08. The van der Waals surface area contributed by atoms with E-state index in [2.05, 4.69) is 27.4 Å². The van der Waals surface area contributed by atoms with Crippen molar-refractivity contribution in [2.24, 2.45) is 11.3 Å². The molecule has 0 saturated carbocycles. The highest BCUT2D eigenvalue weighted by atomic mass is 16.8. The molecule has 1 rings (SSSR count). The van der Waals surface area contributed by atoms with Crippen LogP contribution in [0, 0.1) is 11.3 Å². The maximum atomic E-state index is 10.7. The zero-order valence-corrected chi connectivity index (χ0v) is 9.08. The lowest BCUT2D eigenvalue weighted by molar-refractivity contribution is 0.0921. The molecule has 80 valence electrons. The second-order valence-electron chi connectivity index (χ2n) is 4.59. The Labute approximate surface area is 85.1 Å². The van der Waals surface area contributed by atoms with Gasteiger partial charge in [-0.25, -0.2) is 4.79 Å². The van der Waals surface area contributed by atoms with E-state index in [9.17, 15) is 4.79 Å². The summed E-state index contributed by atoms with van der Waals surface area (Å²) in [6.07, 6.45) is 2.24. The van der Waals surface area contributed by atoms with Gasteiger partial charge in [-0.2, -0.15) is 0 Å². The Balaban J connectivity index is 2.46. The molecule has 2 unspecified atom stereocenters. The molecule has 0 bridgehead atoms. The van der Waals surface area contributed by atoms with Crippen LogP contribution < -0.4 is 0 Å². The van der Waals surface area contributed by atoms with E-state index in [0.717, 1.165) is 6.42 Å². The van der Waals surface area contributed by atoms with Crippen molar-refractivity contribution in [3.63, 3.8) is 0 Å². The van der Waals surface area contributed by atoms with Crippen LogP contribution in [0.5, 0.6) is 0 Å². The first kappa shape index (κ1) is 11.1. The van der Waals surface area contributed by atoms with Crippen LogP contribution in [-0.4, -0.2) is 18.9 Å². The fourth-order valence-electron chi connectivity index (χ4n) is 1.67. The fraction of sp³-hybridized carbons (Fsp3) is 0.727. The van der Waals surface area contributed by atoms with E-state index in [4.69, 9.17) is 9.47 Å². The summed E-state index contributed by atoms with van der Waals surface area (Å²) in [4.78, 5) is 10.7. The number of ether oxygens (including phenoxy) is 2. The van der Waals surface area contributed by atoms with Gasteiger partial charge in [0.15, 0.2) is 0 Å². The molecule has 0 amide bonds. The van der Waals surface area contributed by atoms with Crippen LogP contribution in [0.1, 0.15) is 27.2 Å². The molecule has 1 fully saturated rings. The summed E-state index contributed by atoms with van der Waals surface area (Å²) in [6, 6.07) is 0. The predicted octanol–water partition coefficient (Wildman–Crippen LogP) is 2.76. The minimum Gasteiger partial charge on any atom is -0.430 e. The molecule has 3 heteroatoms. The van der Waals surface area contributed by atoms with Gasteiger partial charge in [-0.3, -0.25) is 0 Å². The molecule has 0 aromatic carbocycles. The van der Waals surface area contributed by atoms with Gasteiger partial charge in [0.25, 0.3) is 0 Å². The van der Waals surface area contributed by atoms with E-state index in [1.165, 1.54) is 0 Å². The number of rotatable bonds is 4. The minimum atomic E-state index is -0.543. The van der Waals surface area contributed by atoms with E-state index in [1.807, 2.05) is 6.08 Å². The molecule has 0 aromatic rings. The van der Waals surface area contributed by atoms with E-state index in [1.54, 1.807) is 0 Å². The first-order valence-electron chi connectivity index (χ1n) is 4.91. The molecule has 0 aliphatic carbocycles. The van der Waals surface area contributed by atoms with Crippen molar-refractivity contribution in [2.75, 3.05) is 6.61 Å². The number of cyclic esters (lactones) is 2. The summed E-state index contributed by atoms with van der Waals surface area (Å²) >= 11 is 0. The molecular weight excluding hydrogens is 180 g/mol. The van der Waals surface area contributed by atoms with Gasteiger partial charge < -0.3 is 9.47 Å². The number of carbonyl (C=O) groups excluding carboxylic acids is 1. The van der Waals surface area contributed by atoms with Crippen LogP contribution >= 0.6 is 0 Å². The first-order chi connectivity index (χ1) is 6.44. The Morgan fingerprint density at radius 3 is 2.79 bits per heavy atom. The van der Waals surface area contributed by atoms with Crippen molar-refractivity contribution < 1.29 is 14.3 Å². The topological polar surface area (TPSA) is 35.5 Å². The lowest BCUT2D eigenvalue weighted by Gasteiger charge is -2.26. The van der Waals surface area contributed by atoms with Crippen molar-refractivity contribution in [1.82, 2.24) is 0 Å². The monoisotopic (exact) mass is 198 g/mol. The smallest absolute Gasteiger partial charge is 0.430 e. The van der Waals surface area contributed by atoms with Gasteiger partial charge in [-0.15, -0.1) is 6.58 Å². The normalized spacial score (nSPS) is 23.9. The fourth-order valence-corrected chi connectivity index (χ4v) is 1.67. The van der Waals surface area contributed by atoms with Gasteiger partial charge in [0.2, 0.25) is 0 Å². The summed E-state index contributed by atoms with van der Waals surface area (Å²) in [6.45, 7) is 10.5. The lowest BCUT2D eigenvalue weighted by Crippen LogP contribution is -2.25. The van der Waals surface area contributed by atoms with Gasteiger partial charge >= 0.3 is 6.16 Å². The van der Waals surface area contributed by atoms with Crippen LogP contribution in [0.25, 0.3) is 0 Å². The first-order valence-corrected chi connectivity index (χ1v) is 4.91. The Hall–Kier alpha value is -0.990. The molecule has 2 atom stereocenters. The molecule has 1 aliphatic rings. The van der Waals surface area contributed by atoms with Gasteiger partial charge in [0, 0.05) is 0 Å². The highest BCUT2D eigenvalue weighted by Crippen LogP contribution is 2.30. The summed E-state index contributed by atoms with van der Waals surface area (Å²) in [7, 11) is 0. The molecule has 0 radical (unpaired) electrons. The molecule has 0 N–H and O–H groups in total. The minimum absolute atomic E-state index is 0.0778. The predicted molar refractivity (Wildman–Crippen MR) is 54.0 cm³/mol. The van der Waals surface area contributed by atoms with Crippen LogP contribution in [0.2, 0.25) is 0 Å². The average molecular weight is 198 g/mol. The maximum absolute atomic E-state index is 10.7. The molecule has 0 spiro atoms. The quantitative estimate of drug-likeness (QED) is 0.514. The standard InChI is InChI=1S/C11H18O3/c1-5-11(3,4)6-8(2)9-7-13-10(12)14-9/h5,8-9H,1,6-7H2,2-4H3. The molecule has 14 heavy (non-hydrogen) atoms. The van der Waals surface area contributed by atoms with Crippen molar-refractivity contribution in [2.45, 2.75) is 33.3 Å². The summed E-state index contributed by atoms with van der Waals surface area (Å²) < 4.78 is 9.77. The van der Waals surface area contributed by atoms with Gasteiger partial charge in [0.05, 0.1) is 0 Å². The largest absolute Gasteiger partial charge is 0.508 e. The van der Waals surface area contributed by atoms with Crippen LogP contribution in [0.3, 0.4) is 0 Å². The van der Waals surface area contributed by atoms with Crippen LogP contribution in [-0.2, 0) is 9.47 Å². The number of hydrogen-bond donors (Lipinski definition) is 0. The van der Waals surface area contributed by atoms with Gasteiger partial charge in [-0.1, -0.05) is 26.8 Å². The van der Waals surface area contributed by atoms with Crippen LogP contribution in [0.15, 0.2) is 12.7 Å². The Morgan fingerprint density at radius 1 is 1.71 bits per heavy atom. The number of hydrogen-bond acceptors (Lipinski definition) is 3. The SMILES string of the molecule is C=CC(C)(C)CC(C)C1COC(=O)O1. The maximum Gasteiger partial charge on any atom is 0.508 e. The summed E-state index contributed by atoms with van der Waals surface area (Å²) in [5.74, 6) is 0.300. The molecule has 3 nitrogen and oxygen atoms in total. The average Bonchev–Trinajstić information content (AvgIpc) is 2.51. The highest BCUT2D eigenvalue weighted by molar-refractivity contribution is 5.61. The van der Waals surface area contributed by atoms with E-state index >= 15 is 0 Å². The van der Waals surface area contributed by atoms with Crippen molar-refractivity contribution in [3.05, 3.63) is 12.7 Å². The third kappa shape index (κ3) is 2.76. The molecule has 1 saturated heterocycles. The zero-order chi connectivity index (χ0) is 10.8. The summed E-state index contributed by atoms with van der Waals surface area (Å²) in [5, 5.41) is 0. The molecule has 1 heterocycles. The lowest BCUT2D eigenvalue weighted by atomic mass is 9.82. The second-order valence-corrected chi connectivity index (χ2v) is 4.59. The Bertz CT molecular complexity index is 233. The second kappa shape index (κ2) is 4.03. The molecular formula is C11H18O3. The van der Waals surface area contributed by atoms with E-state index < -0.39 is 6.16 Å². The van der Waals surface area contributed by atoms with Crippen molar-refractivity contribution in [3.8, 4) is 0 Å². The third-order valence-corrected chi connectivity index (χ3v) is 2.65. The van der Waals surface area contributed by atoms with Gasteiger partial charge in [0.1, 0.15) is 12.7 Å². The van der Waals surface area contributed by atoms with Crippen molar-refractivity contribution >= 4 is 6.16 Å². The highest BCUT2D eigenvalue weighted by Gasteiger charge is 2.32. The Kier molecular flexibility index (Phi) is 3.19. The van der Waals surface area contributed by atoms with Crippen molar-refractivity contribution in [1.29, 1.82) is 0 Å². The van der Waals surface area contributed by atoms with E-state index in [-0.39, 0.29) is 11.5 Å². The number of allylic oxidation sites excluding steroid dienone is 1. The molecule has 1 aliphatic heterocycles. The van der Waals surface area contributed by atoms with Gasteiger partial charge in [-0.05, 0) is 17.8 Å². The molecule has 0 aromatic heterocycles. The van der Waals surface area contributed by atoms with E-state index in [0.29, 0.717) is 12.5 Å². The summed E-state index contributed by atoms with van der Waals surface area (Å²) in [5.41, 5.74) is 0.0778. The number of carbonyl (C=O) groups is 1.